The number of carbonyl (C=O) groups is 1. The minimum Gasteiger partial charge on any atom is -0.382 e. The molecule has 1 saturated heterocycles. The summed E-state index contributed by atoms with van der Waals surface area (Å²) in [6.45, 7) is 12.2. The highest BCUT2D eigenvalue weighted by Gasteiger charge is 2.52. The summed E-state index contributed by atoms with van der Waals surface area (Å²) in [7, 11) is 0. The first-order valence-electron chi connectivity index (χ1n) is 14.5. The molecular weight excluding hydrogens is 476 g/mol. The number of Topliss-reactive ketones (excluding diaryl/α,β-unsaturated/α-hetero) is 1. The molecule has 0 aromatic heterocycles. The fraction of sp³-hybridized carbons (Fsp3) is 0.594. The molecule has 0 spiro atoms. The highest BCUT2D eigenvalue weighted by Crippen LogP contribution is 2.49. The summed E-state index contributed by atoms with van der Waals surface area (Å²) in [5.41, 5.74) is 4.31. The Kier molecular flexibility index (Phi) is 8.84. The van der Waals surface area contributed by atoms with Crippen molar-refractivity contribution in [3.8, 4) is 0 Å². The second kappa shape index (κ2) is 12.3. The summed E-state index contributed by atoms with van der Waals surface area (Å²) < 4.78 is 17.5. The highest BCUT2D eigenvalue weighted by atomic mass is 16.5. The average Bonchev–Trinajstić information content (AvgIpc) is 3.75. The van der Waals surface area contributed by atoms with Gasteiger partial charge < -0.3 is 19.5 Å². The maximum atomic E-state index is 13.7. The summed E-state index contributed by atoms with van der Waals surface area (Å²) in [4.78, 5) is 16.2. The predicted molar refractivity (Wildman–Crippen MR) is 151 cm³/mol. The monoisotopic (exact) mass is 520 g/mol. The van der Waals surface area contributed by atoms with Crippen LogP contribution < -0.4 is 5.32 Å². The van der Waals surface area contributed by atoms with E-state index in [0.717, 1.165) is 42.2 Å². The lowest BCUT2D eigenvalue weighted by Crippen LogP contribution is -2.61. The minimum absolute atomic E-state index is 0.0112. The van der Waals surface area contributed by atoms with E-state index in [1.165, 1.54) is 18.4 Å². The number of rotatable bonds is 14. The minimum atomic E-state index is -0.112. The van der Waals surface area contributed by atoms with Crippen LogP contribution in [0.15, 0.2) is 48.5 Å². The number of hydrogen-bond acceptors (Lipinski definition) is 6. The molecule has 1 N–H and O–H groups in total. The Hall–Kier alpha value is -2.25. The molecule has 0 amide bonds. The predicted octanol–water partition coefficient (Wildman–Crippen LogP) is 5.31. The van der Waals surface area contributed by atoms with Crippen LogP contribution in [0.2, 0.25) is 0 Å². The Labute approximate surface area is 228 Å². The molecule has 38 heavy (non-hydrogen) atoms. The van der Waals surface area contributed by atoms with Crippen LogP contribution in [-0.4, -0.2) is 68.9 Å². The molecule has 206 valence electrons. The van der Waals surface area contributed by atoms with Crippen LogP contribution in [0.5, 0.6) is 0 Å². The summed E-state index contributed by atoms with van der Waals surface area (Å²) in [6, 6.07) is 16.6. The van der Waals surface area contributed by atoms with Crippen LogP contribution in [0.4, 0.5) is 5.69 Å². The number of ether oxygens (including phenoxy) is 3. The van der Waals surface area contributed by atoms with Gasteiger partial charge in [0.05, 0.1) is 38.6 Å². The van der Waals surface area contributed by atoms with Crippen molar-refractivity contribution in [3.63, 3.8) is 0 Å². The second-order valence-electron chi connectivity index (χ2n) is 11.5. The Bertz CT molecular complexity index is 1070. The van der Waals surface area contributed by atoms with Crippen LogP contribution >= 0.6 is 0 Å². The highest BCUT2D eigenvalue weighted by molar-refractivity contribution is 6.04. The molecule has 6 nitrogen and oxygen atoms in total. The molecule has 2 bridgehead atoms. The molecule has 2 unspecified atom stereocenters. The Morgan fingerprint density at radius 3 is 2.66 bits per heavy atom. The smallest absolute Gasteiger partial charge is 0.180 e. The second-order valence-corrected chi connectivity index (χ2v) is 11.5. The van der Waals surface area contributed by atoms with Gasteiger partial charge in [-0.25, -0.2) is 0 Å². The Morgan fingerprint density at radius 2 is 1.89 bits per heavy atom. The normalized spacial score (nSPS) is 25.7. The van der Waals surface area contributed by atoms with Crippen LogP contribution in [0, 0.1) is 11.8 Å². The molecule has 4 atom stereocenters. The zero-order chi connectivity index (χ0) is 26.5. The molecular formula is C32H44N2O4. The van der Waals surface area contributed by atoms with Gasteiger partial charge in [0, 0.05) is 30.9 Å². The number of benzene rings is 2. The summed E-state index contributed by atoms with van der Waals surface area (Å²) in [5.74, 6) is 1.42. The molecule has 2 fully saturated rings. The number of hydrogen-bond donors (Lipinski definition) is 1. The lowest BCUT2D eigenvalue weighted by molar-refractivity contribution is -0.0309. The van der Waals surface area contributed by atoms with E-state index in [-0.39, 0.29) is 17.6 Å². The molecule has 1 saturated carbocycles. The maximum absolute atomic E-state index is 13.7. The number of nitrogens with zero attached hydrogens (tertiary/aromatic N) is 1. The topological polar surface area (TPSA) is 60.0 Å². The van der Waals surface area contributed by atoms with E-state index in [9.17, 15) is 4.79 Å². The van der Waals surface area contributed by atoms with Crippen molar-refractivity contribution in [1.82, 2.24) is 4.90 Å². The van der Waals surface area contributed by atoms with Gasteiger partial charge in [-0.1, -0.05) is 44.2 Å². The molecule has 0 radical (unpaired) electrons. The summed E-state index contributed by atoms with van der Waals surface area (Å²) in [6.07, 6.45) is 3.63. The molecule has 5 rings (SSSR count). The number of likely N-dealkylation sites (tertiary alicyclic amines) is 1. The molecule has 2 aromatic rings. The zero-order valence-corrected chi connectivity index (χ0v) is 23.3. The van der Waals surface area contributed by atoms with Crippen molar-refractivity contribution >= 4 is 11.5 Å². The van der Waals surface area contributed by atoms with Gasteiger partial charge in [0.2, 0.25) is 0 Å². The average molecular weight is 521 g/mol. The SMILES string of the molecule is CCOCCOCC(CNc1ccc2c(c1)[C@]1(C)CCN(CC3CC3)C(C2=O)[C@@H]1C)OCc1ccccc1. The quantitative estimate of drug-likeness (QED) is 0.341. The lowest BCUT2D eigenvalue weighted by atomic mass is 9.58. The number of ketones is 1. The van der Waals surface area contributed by atoms with Crippen molar-refractivity contribution in [1.29, 1.82) is 0 Å². The maximum Gasteiger partial charge on any atom is 0.180 e. The van der Waals surface area contributed by atoms with Crippen LogP contribution in [0.1, 0.15) is 61.5 Å². The molecule has 6 heteroatoms. The van der Waals surface area contributed by atoms with Gasteiger partial charge in [-0.05, 0) is 79.3 Å². The van der Waals surface area contributed by atoms with Crippen molar-refractivity contribution in [2.24, 2.45) is 11.8 Å². The number of piperidine rings is 1. The standard InChI is InChI=1S/C32H44N2O4/c1-4-36-16-17-37-22-27(38-21-25-8-6-5-7-9-25)19-33-26-12-13-28-29(18-26)32(3)14-15-34(20-24-10-11-24)30(23(32)2)31(28)35/h5-9,12-13,18,23-24,27,30,33H,4,10-11,14-17,19-22H2,1-3H3/t23-,27?,30?,32+/m0/s1. The van der Waals surface area contributed by atoms with E-state index in [0.29, 0.717) is 51.3 Å². The Morgan fingerprint density at radius 1 is 1.11 bits per heavy atom. The van der Waals surface area contributed by atoms with Crippen LogP contribution in [0.3, 0.4) is 0 Å². The van der Waals surface area contributed by atoms with Crippen LogP contribution in [0.25, 0.3) is 0 Å². The van der Waals surface area contributed by atoms with E-state index < -0.39 is 0 Å². The number of anilines is 1. The van der Waals surface area contributed by atoms with Gasteiger partial charge in [-0.2, -0.15) is 0 Å². The molecule has 3 aliphatic rings. The van der Waals surface area contributed by atoms with E-state index in [2.05, 4.69) is 54.4 Å². The number of carbonyl (C=O) groups excluding carboxylic acids is 1. The molecule has 2 aliphatic carbocycles. The van der Waals surface area contributed by atoms with Crippen LogP contribution in [-0.2, 0) is 26.2 Å². The Balaban J connectivity index is 1.26. The first-order chi connectivity index (χ1) is 18.5. The van der Waals surface area contributed by atoms with E-state index in [1.54, 1.807) is 0 Å². The van der Waals surface area contributed by atoms with Gasteiger partial charge in [-0.3, -0.25) is 9.69 Å². The lowest BCUT2D eigenvalue weighted by Gasteiger charge is -2.53. The summed E-state index contributed by atoms with van der Waals surface area (Å²) >= 11 is 0. The largest absolute Gasteiger partial charge is 0.382 e. The van der Waals surface area contributed by atoms with Crippen molar-refractivity contribution in [2.75, 3.05) is 51.4 Å². The van der Waals surface area contributed by atoms with E-state index in [1.807, 2.05) is 25.1 Å². The molecule has 1 aliphatic heterocycles. The molecule has 2 aromatic carbocycles. The first kappa shape index (κ1) is 27.3. The fourth-order valence-electron chi connectivity index (χ4n) is 6.18. The third-order valence-electron chi connectivity index (χ3n) is 8.89. The summed E-state index contributed by atoms with van der Waals surface area (Å²) in [5, 5.41) is 3.59. The first-order valence-corrected chi connectivity index (χ1v) is 14.5. The van der Waals surface area contributed by atoms with Gasteiger partial charge in [0.15, 0.2) is 5.78 Å². The van der Waals surface area contributed by atoms with Crippen molar-refractivity contribution < 1.29 is 19.0 Å². The van der Waals surface area contributed by atoms with Crippen molar-refractivity contribution in [2.45, 2.75) is 64.2 Å². The zero-order valence-electron chi connectivity index (χ0n) is 23.3. The van der Waals surface area contributed by atoms with E-state index >= 15 is 0 Å². The third kappa shape index (κ3) is 6.15. The third-order valence-corrected chi connectivity index (χ3v) is 8.89. The van der Waals surface area contributed by atoms with E-state index in [4.69, 9.17) is 14.2 Å². The van der Waals surface area contributed by atoms with Gasteiger partial charge >= 0.3 is 0 Å². The fourth-order valence-corrected chi connectivity index (χ4v) is 6.18. The van der Waals surface area contributed by atoms with Crippen molar-refractivity contribution in [3.05, 3.63) is 65.2 Å². The number of fused-ring (bicyclic) bond motifs is 4. The molecule has 1 heterocycles. The van der Waals surface area contributed by atoms with Gasteiger partial charge in [-0.15, -0.1) is 0 Å². The number of nitrogens with one attached hydrogen (secondary N) is 1. The van der Waals surface area contributed by atoms with Gasteiger partial charge in [0.1, 0.15) is 0 Å². The van der Waals surface area contributed by atoms with Gasteiger partial charge in [0.25, 0.3) is 0 Å².